The SMILES string of the molecule is [2H]N1C=CC=CC1([2H])c1ccc(F)cc1F.[2H]N1C=CC=CC1([2H])c1ccc(F)cc1F.[2H]N1C=CC=CC1([2H])c1ccc(F)cc1F.[Ir+3]. The number of nitrogens with one attached hydrogen (secondary N) is 3. The summed E-state index contributed by atoms with van der Waals surface area (Å²) in [5, 5.41) is 2.43. The van der Waals surface area contributed by atoms with Crippen LogP contribution in [0, 0.1) is 34.9 Å². The smallest absolute Gasteiger partial charge is 0.380 e. The molecule has 43 heavy (non-hydrogen) atoms. The van der Waals surface area contributed by atoms with Gasteiger partial charge in [0, 0.05) is 34.9 Å². The van der Waals surface area contributed by atoms with Gasteiger partial charge in [-0.15, -0.1) is 0 Å². The third-order valence-electron chi connectivity index (χ3n) is 5.62. The van der Waals surface area contributed by atoms with Crippen LogP contribution in [0.25, 0.3) is 0 Å². The summed E-state index contributed by atoms with van der Waals surface area (Å²) >= 11 is 0. The van der Waals surface area contributed by atoms with E-state index in [9.17, 15) is 26.3 Å². The first-order valence-corrected chi connectivity index (χ1v) is 12.4. The molecule has 0 aliphatic carbocycles. The Bertz CT molecular complexity index is 1630. The topological polar surface area (TPSA) is 36.1 Å². The number of allylic oxidation sites excluding steroid dienone is 6. The second-order valence-electron chi connectivity index (χ2n) is 8.52. The zero-order valence-electron chi connectivity index (χ0n) is 28.1. The quantitative estimate of drug-likeness (QED) is 0.236. The standard InChI is InChI=1S/3C11H9F2N.Ir/c3*12-8-4-5-9(10(13)7-8)11-3-1-2-6-14-11;/h3*1-7,11,14H;/q;;;+3/i3*11D;/hD3. The molecule has 0 amide bonds. The van der Waals surface area contributed by atoms with E-state index in [1.54, 1.807) is 36.5 Å². The largest absolute Gasteiger partial charge is 3.00 e. The van der Waals surface area contributed by atoms with E-state index in [0.717, 1.165) is 34.1 Å². The number of benzene rings is 3. The molecule has 3 atom stereocenters. The number of rotatable bonds is 3. The van der Waals surface area contributed by atoms with Gasteiger partial charge in [-0.05, 0) is 55.0 Å². The van der Waals surface area contributed by atoms with Gasteiger partial charge in [0.15, 0.2) is 4.24 Å². The maximum atomic E-state index is 13.5. The summed E-state index contributed by atoms with van der Waals surface area (Å²) < 4.78 is 126. The molecule has 3 heterocycles. The van der Waals surface area contributed by atoms with Gasteiger partial charge in [0.05, 0.1) is 22.2 Å². The Kier molecular flexibility index (Phi) is 9.62. The van der Waals surface area contributed by atoms with Crippen molar-refractivity contribution < 1.29 is 54.8 Å². The van der Waals surface area contributed by atoms with E-state index in [0.29, 0.717) is 18.2 Å². The zero-order valence-corrected chi connectivity index (χ0v) is 24.5. The van der Waals surface area contributed by atoms with Crippen molar-refractivity contribution >= 4 is 0 Å². The van der Waals surface area contributed by atoms with Gasteiger partial charge in [-0.3, -0.25) is 0 Å². The second-order valence-corrected chi connectivity index (χ2v) is 8.52. The van der Waals surface area contributed by atoms with Crippen LogP contribution < -0.4 is 15.9 Å². The van der Waals surface area contributed by atoms with Crippen LogP contribution in [-0.2, 0) is 20.1 Å². The summed E-state index contributed by atoms with van der Waals surface area (Å²) in [6, 6.07) is 3.99. The molecule has 0 fully saturated rings. The zero-order chi connectivity index (χ0) is 35.3. The molecule has 3 nitrogen and oxygen atoms in total. The molecule has 3 aromatic rings. The first-order valence-electron chi connectivity index (χ1n) is 15.3. The Labute approximate surface area is 268 Å². The molecule has 0 aromatic heterocycles. The van der Waals surface area contributed by atoms with Crippen molar-refractivity contribution in [2.45, 2.75) is 18.1 Å². The first kappa shape index (κ1) is 25.2. The van der Waals surface area contributed by atoms with Crippen molar-refractivity contribution in [3.63, 3.8) is 0 Å². The molecule has 3 aromatic carbocycles. The fourth-order valence-electron chi connectivity index (χ4n) is 3.66. The molecule has 3 N–H and O–H groups in total. The molecule has 0 spiro atoms. The van der Waals surface area contributed by atoms with Crippen LogP contribution in [0.15, 0.2) is 128 Å². The number of halogens is 6. The monoisotopic (exact) mass is 778 g/mol. The van der Waals surface area contributed by atoms with Crippen molar-refractivity contribution in [2.24, 2.45) is 0 Å². The summed E-state index contributed by atoms with van der Waals surface area (Å²) in [6.07, 6.45) is 17.5. The molecule has 0 saturated heterocycles. The third kappa shape index (κ3) is 9.63. The fraction of sp³-hybridized carbons (Fsp3) is 0.0909. The minimum atomic E-state index is -1.65. The molecule has 3 aliphatic heterocycles. The van der Waals surface area contributed by atoms with Gasteiger partial charge >= 0.3 is 20.1 Å². The maximum Gasteiger partial charge on any atom is 3.00 e. The number of hydrogen-bond acceptors (Lipinski definition) is 3. The van der Waals surface area contributed by atoms with E-state index < -0.39 is 53.0 Å². The van der Waals surface area contributed by atoms with Gasteiger partial charge in [-0.2, -0.15) is 0 Å². The minimum Gasteiger partial charge on any atom is -0.380 e. The summed E-state index contributed by atoms with van der Waals surface area (Å²) in [7, 11) is 0. The maximum absolute atomic E-state index is 13.5. The predicted molar refractivity (Wildman–Crippen MR) is 152 cm³/mol. The van der Waals surface area contributed by atoms with Crippen molar-refractivity contribution in [3.8, 4) is 0 Å². The van der Waals surface area contributed by atoms with Crippen LogP contribution in [-0.4, -0.2) is 0 Å². The van der Waals surface area contributed by atoms with E-state index in [-0.39, 0.29) is 36.8 Å². The Morgan fingerprint density at radius 3 is 0.977 bits per heavy atom. The third-order valence-corrected chi connectivity index (χ3v) is 5.62. The van der Waals surface area contributed by atoms with E-state index >= 15 is 0 Å². The molecule has 10 heteroatoms. The van der Waals surface area contributed by atoms with Crippen molar-refractivity contribution in [1.29, 1.82) is 0 Å². The molecular weight excluding hydrogens is 745 g/mol. The normalized spacial score (nSPS) is 26.8. The molecule has 0 radical (unpaired) electrons. The Morgan fingerprint density at radius 2 is 0.744 bits per heavy atom. The molecule has 3 unspecified atom stereocenters. The van der Waals surface area contributed by atoms with Crippen LogP contribution in [0.1, 0.15) is 38.9 Å². The van der Waals surface area contributed by atoms with Crippen molar-refractivity contribution in [2.75, 3.05) is 0 Å². The van der Waals surface area contributed by atoms with E-state index in [1.807, 2.05) is 0 Å². The predicted octanol–water partition coefficient (Wildman–Crippen LogP) is 8.03. The van der Waals surface area contributed by atoms with Crippen LogP contribution >= 0.6 is 0 Å². The van der Waals surface area contributed by atoms with Gasteiger partial charge in [0.1, 0.15) is 34.9 Å². The van der Waals surface area contributed by atoms with E-state index in [1.165, 1.54) is 55.0 Å². The van der Waals surface area contributed by atoms with Gasteiger partial charge in [0.2, 0.25) is 0 Å². The molecule has 222 valence electrons. The van der Waals surface area contributed by atoms with Crippen LogP contribution in [0.5, 0.6) is 0 Å². The number of hydrogen-bond donors (Lipinski definition) is 3. The average Bonchev–Trinajstić information content (AvgIpc) is 3.02. The minimum absolute atomic E-state index is 0. The first-order chi connectivity index (χ1) is 22.6. The Hall–Kier alpha value is -4.27. The van der Waals surface area contributed by atoms with Crippen LogP contribution in [0.2, 0.25) is 4.24 Å². The Morgan fingerprint density at radius 1 is 0.465 bits per heavy atom. The summed E-state index contributed by atoms with van der Waals surface area (Å²) in [5.74, 6) is -4.57. The number of dihydropyridines is 3. The Balaban J connectivity index is 0.000000197. The van der Waals surface area contributed by atoms with Gasteiger partial charge in [-0.1, -0.05) is 54.7 Å². The van der Waals surface area contributed by atoms with Gasteiger partial charge < -0.3 is 15.9 Å². The van der Waals surface area contributed by atoms with E-state index in [4.69, 9.17) is 8.35 Å². The summed E-state index contributed by atoms with van der Waals surface area (Å²) in [5.41, 5.74) is -0.154. The van der Waals surface area contributed by atoms with Crippen molar-refractivity contribution in [1.82, 2.24) is 15.9 Å². The molecule has 6 rings (SSSR count). The van der Waals surface area contributed by atoms with Crippen LogP contribution in [0.4, 0.5) is 26.3 Å². The summed E-state index contributed by atoms with van der Waals surface area (Å²) in [6.45, 7) is 0. The van der Waals surface area contributed by atoms with Crippen molar-refractivity contribution in [3.05, 3.63) is 179 Å². The van der Waals surface area contributed by atoms with Crippen LogP contribution in [0.3, 0.4) is 0 Å². The molecule has 3 aliphatic rings. The fourth-order valence-corrected chi connectivity index (χ4v) is 3.66. The molecular formula is C33H27F6IrN3+3. The summed E-state index contributed by atoms with van der Waals surface area (Å²) in [4.78, 5) is 0. The van der Waals surface area contributed by atoms with Gasteiger partial charge in [-0.25, -0.2) is 26.3 Å². The molecule has 0 saturated carbocycles. The molecule has 0 bridgehead atoms. The van der Waals surface area contributed by atoms with Gasteiger partial charge in [0.25, 0.3) is 0 Å². The second kappa shape index (κ2) is 16.4. The van der Waals surface area contributed by atoms with E-state index in [2.05, 4.69) is 0 Å². The average molecular weight is 778 g/mol.